The van der Waals surface area contributed by atoms with Crippen molar-refractivity contribution in [3.8, 4) is 0 Å². The van der Waals surface area contributed by atoms with E-state index in [0.717, 1.165) is 19.3 Å². The minimum atomic E-state index is -0.144. The van der Waals surface area contributed by atoms with Crippen LogP contribution in [0, 0.1) is 0 Å². The lowest BCUT2D eigenvalue weighted by molar-refractivity contribution is -0.222. The number of hydrogen-bond acceptors (Lipinski definition) is 3. The first kappa shape index (κ1) is 12.9. The van der Waals surface area contributed by atoms with Gasteiger partial charge >= 0.3 is 0 Å². The molecule has 0 aromatic carbocycles. The lowest BCUT2D eigenvalue weighted by Gasteiger charge is -2.42. The Kier molecular flexibility index (Phi) is 3.49. The summed E-state index contributed by atoms with van der Waals surface area (Å²) in [5.74, 6) is 0. The first-order valence-electron chi connectivity index (χ1n) is 5.82. The summed E-state index contributed by atoms with van der Waals surface area (Å²) in [5.41, 5.74) is -0.261. The molecule has 1 aliphatic rings. The van der Waals surface area contributed by atoms with Gasteiger partial charge in [0.1, 0.15) is 0 Å². The zero-order chi connectivity index (χ0) is 11.9. The van der Waals surface area contributed by atoms with Crippen LogP contribution in [0.3, 0.4) is 0 Å². The first-order valence-corrected chi connectivity index (χ1v) is 5.82. The molecule has 1 heterocycles. The molecule has 0 aromatic heterocycles. The summed E-state index contributed by atoms with van der Waals surface area (Å²) in [7, 11) is 4.25. The normalized spacial score (nSPS) is 31.6. The SMILES string of the molecule is CN(C)C1CCC(C)(C)N(O)C(C)(C)C1. The van der Waals surface area contributed by atoms with Crippen LogP contribution < -0.4 is 0 Å². The van der Waals surface area contributed by atoms with E-state index in [1.807, 2.05) is 0 Å². The van der Waals surface area contributed by atoms with Gasteiger partial charge in [0.05, 0.1) is 0 Å². The van der Waals surface area contributed by atoms with Crippen molar-refractivity contribution in [2.75, 3.05) is 14.1 Å². The van der Waals surface area contributed by atoms with Crippen LogP contribution in [0.1, 0.15) is 47.0 Å². The van der Waals surface area contributed by atoms with Crippen molar-refractivity contribution in [1.29, 1.82) is 0 Å². The second-order valence-corrected chi connectivity index (χ2v) is 6.30. The van der Waals surface area contributed by atoms with E-state index in [4.69, 9.17) is 0 Å². The van der Waals surface area contributed by atoms with Crippen LogP contribution in [0.5, 0.6) is 0 Å². The van der Waals surface area contributed by atoms with Gasteiger partial charge in [-0.1, -0.05) is 0 Å². The van der Waals surface area contributed by atoms with Crippen molar-refractivity contribution in [2.24, 2.45) is 0 Å². The van der Waals surface area contributed by atoms with Gasteiger partial charge in [-0.05, 0) is 61.1 Å². The van der Waals surface area contributed by atoms with Gasteiger partial charge < -0.3 is 10.1 Å². The van der Waals surface area contributed by atoms with E-state index in [2.05, 4.69) is 46.7 Å². The van der Waals surface area contributed by atoms with E-state index in [9.17, 15) is 5.21 Å². The second kappa shape index (κ2) is 4.04. The highest BCUT2D eigenvalue weighted by Crippen LogP contribution is 2.36. The third-order valence-corrected chi connectivity index (χ3v) is 3.70. The highest BCUT2D eigenvalue weighted by atomic mass is 16.5. The largest absolute Gasteiger partial charge is 0.313 e. The molecule has 0 radical (unpaired) electrons. The van der Waals surface area contributed by atoms with Gasteiger partial charge in [0, 0.05) is 17.1 Å². The van der Waals surface area contributed by atoms with E-state index in [0.29, 0.717) is 6.04 Å². The van der Waals surface area contributed by atoms with Crippen molar-refractivity contribution < 1.29 is 5.21 Å². The molecule has 3 nitrogen and oxygen atoms in total. The molecule has 1 rings (SSSR count). The summed E-state index contributed by atoms with van der Waals surface area (Å²) in [6.45, 7) is 8.48. The molecule has 15 heavy (non-hydrogen) atoms. The van der Waals surface area contributed by atoms with Crippen LogP contribution >= 0.6 is 0 Å². The molecular weight excluding hydrogens is 188 g/mol. The Morgan fingerprint density at radius 3 is 2.13 bits per heavy atom. The molecule has 0 amide bonds. The van der Waals surface area contributed by atoms with Crippen molar-refractivity contribution in [1.82, 2.24) is 9.96 Å². The van der Waals surface area contributed by atoms with E-state index >= 15 is 0 Å². The van der Waals surface area contributed by atoms with Crippen LogP contribution in [-0.4, -0.2) is 46.4 Å². The van der Waals surface area contributed by atoms with Gasteiger partial charge in [-0.3, -0.25) is 0 Å². The standard InChI is InChI=1S/C12H26N2O/c1-11(2)8-7-10(13(5)6)9-12(3,4)14(11)15/h10,15H,7-9H2,1-6H3. The van der Waals surface area contributed by atoms with Crippen LogP contribution in [-0.2, 0) is 0 Å². The maximum atomic E-state index is 10.3. The molecule has 1 unspecified atom stereocenters. The van der Waals surface area contributed by atoms with Crippen LogP contribution in [0.4, 0.5) is 0 Å². The number of hydrogen-bond donors (Lipinski definition) is 1. The average molecular weight is 214 g/mol. The van der Waals surface area contributed by atoms with Crippen LogP contribution in [0.2, 0.25) is 0 Å². The molecule has 0 spiro atoms. The molecule has 0 aromatic rings. The predicted octanol–water partition coefficient (Wildman–Crippen LogP) is 2.35. The fourth-order valence-electron chi connectivity index (χ4n) is 2.65. The topological polar surface area (TPSA) is 26.7 Å². The summed E-state index contributed by atoms with van der Waals surface area (Å²) < 4.78 is 0. The van der Waals surface area contributed by atoms with Crippen molar-refractivity contribution in [3.05, 3.63) is 0 Å². The summed E-state index contributed by atoms with van der Waals surface area (Å²) >= 11 is 0. The van der Waals surface area contributed by atoms with Gasteiger partial charge in [-0.15, -0.1) is 0 Å². The maximum absolute atomic E-state index is 10.3. The molecule has 1 fully saturated rings. The summed E-state index contributed by atoms with van der Waals surface area (Å²) in [6, 6.07) is 0.566. The monoisotopic (exact) mass is 214 g/mol. The Labute approximate surface area is 94.0 Å². The molecule has 1 N–H and O–H groups in total. The molecule has 0 saturated carbocycles. The Hall–Kier alpha value is -0.120. The van der Waals surface area contributed by atoms with Gasteiger partial charge in [0.2, 0.25) is 0 Å². The fraction of sp³-hybridized carbons (Fsp3) is 1.00. The number of hydroxylamine groups is 2. The first-order chi connectivity index (χ1) is 6.67. The molecule has 1 saturated heterocycles. The van der Waals surface area contributed by atoms with Crippen molar-refractivity contribution in [2.45, 2.75) is 64.1 Å². The van der Waals surface area contributed by atoms with E-state index in [1.54, 1.807) is 5.06 Å². The fourth-order valence-corrected chi connectivity index (χ4v) is 2.65. The predicted molar refractivity (Wildman–Crippen MR) is 63.1 cm³/mol. The van der Waals surface area contributed by atoms with Crippen molar-refractivity contribution in [3.63, 3.8) is 0 Å². The highest BCUT2D eigenvalue weighted by Gasteiger charge is 2.42. The summed E-state index contributed by atoms with van der Waals surface area (Å²) in [4.78, 5) is 2.27. The zero-order valence-corrected chi connectivity index (χ0v) is 11.0. The maximum Gasteiger partial charge on any atom is 0.0425 e. The number of nitrogens with zero attached hydrogens (tertiary/aromatic N) is 2. The average Bonchev–Trinajstić information content (AvgIpc) is 2.16. The minimum absolute atomic E-state index is 0.117. The van der Waals surface area contributed by atoms with Crippen molar-refractivity contribution >= 4 is 0 Å². The summed E-state index contributed by atoms with van der Waals surface area (Å²) in [5, 5.41) is 11.8. The minimum Gasteiger partial charge on any atom is -0.313 e. The van der Waals surface area contributed by atoms with Gasteiger partial charge in [-0.25, -0.2) is 0 Å². The molecule has 1 aliphatic heterocycles. The molecule has 3 heteroatoms. The lowest BCUT2D eigenvalue weighted by atomic mass is 9.94. The lowest BCUT2D eigenvalue weighted by Crippen LogP contribution is -2.52. The van der Waals surface area contributed by atoms with Crippen LogP contribution in [0.15, 0.2) is 0 Å². The van der Waals surface area contributed by atoms with Gasteiger partial charge in [0.25, 0.3) is 0 Å². The molecule has 90 valence electrons. The smallest absolute Gasteiger partial charge is 0.0425 e. The molecule has 0 bridgehead atoms. The Balaban J connectivity index is 2.89. The van der Waals surface area contributed by atoms with E-state index in [-0.39, 0.29) is 11.1 Å². The third-order valence-electron chi connectivity index (χ3n) is 3.70. The third kappa shape index (κ3) is 2.71. The Morgan fingerprint density at radius 1 is 1.13 bits per heavy atom. The Bertz CT molecular complexity index is 224. The van der Waals surface area contributed by atoms with E-state index in [1.165, 1.54) is 0 Å². The molecule has 1 atom stereocenters. The molecular formula is C12H26N2O. The quantitative estimate of drug-likeness (QED) is 0.726. The summed E-state index contributed by atoms with van der Waals surface area (Å²) in [6.07, 6.45) is 3.20. The van der Waals surface area contributed by atoms with Gasteiger partial charge in [0.15, 0.2) is 0 Å². The molecule has 0 aliphatic carbocycles. The highest BCUT2D eigenvalue weighted by molar-refractivity contribution is 4.94. The van der Waals surface area contributed by atoms with Gasteiger partial charge in [-0.2, -0.15) is 5.06 Å². The van der Waals surface area contributed by atoms with E-state index < -0.39 is 0 Å². The van der Waals surface area contributed by atoms with Crippen LogP contribution in [0.25, 0.3) is 0 Å². The number of rotatable bonds is 1. The second-order valence-electron chi connectivity index (χ2n) is 6.30. The zero-order valence-electron chi connectivity index (χ0n) is 11.0. The Morgan fingerprint density at radius 2 is 1.67 bits per heavy atom.